The lowest BCUT2D eigenvalue weighted by molar-refractivity contribution is 0.0990. The Hall–Kier alpha value is -3.68. The lowest BCUT2D eigenvalue weighted by Crippen LogP contribution is -2.14. The Balaban J connectivity index is 1.54. The summed E-state index contributed by atoms with van der Waals surface area (Å²) in [5.41, 5.74) is 1.35. The van der Waals surface area contributed by atoms with Gasteiger partial charge in [0.15, 0.2) is 11.5 Å². The average Bonchev–Trinajstić information content (AvgIpc) is 3.48. The Labute approximate surface area is 192 Å². The van der Waals surface area contributed by atoms with Crippen LogP contribution in [-0.4, -0.2) is 18.9 Å². The fourth-order valence-electron chi connectivity index (χ4n) is 2.97. The van der Waals surface area contributed by atoms with Gasteiger partial charge in [-0.05, 0) is 54.6 Å². The van der Waals surface area contributed by atoms with Gasteiger partial charge in [-0.25, -0.2) is 0 Å². The van der Waals surface area contributed by atoms with E-state index in [2.05, 4.69) is 10.6 Å². The van der Waals surface area contributed by atoms with Crippen molar-refractivity contribution in [3.05, 3.63) is 88.5 Å². The highest BCUT2D eigenvalue weighted by molar-refractivity contribution is 6.43. The van der Waals surface area contributed by atoms with Crippen LogP contribution < -0.4 is 15.4 Å². The van der Waals surface area contributed by atoms with E-state index in [4.69, 9.17) is 36.8 Å². The molecule has 0 saturated carbocycles. The standard InChI is InChI=1S/C23H16Cl2N2O5/c1-30-18-8-7-13(26-22(28)19-6-3-11-31-19)12-16(18)27-23(29)20-10-9-17(32-20)14-4-2-5-15(24)21(14)25/h2-12H,1H3,(H,26,28)(H,27,29). The van der Waals surface area contributed by atoms with Crippen molar-refractivity contribution in [2.24, 2.45) is 0 Å². The molecule has 32 heavy (non-hydrogen) atoms. The van der Waals surface area contributed by atoms with Gasteiger partial charge in [0.2, 0.25) is 0 Å². The molecule has 4 aromatic rings. The van der Waals surface area contributed by atoms with Crippen molar-refractivity contribution in [3.8, 4) is 17.1 Å². The van der Waals surface area contributed by atoms with Crippen LogP contribution in [-0.2, 0) is 0 Å². The smallest absolute Gasteiger partial charge is 0.291 e. The summed E-state index contributed by atoms with van der Waals surface area (Å²) < 4.78 is 16.1. The first-order valence-electron chi connectivity index (χ1n) is 9.34. The Morgan fingerprint density at radius 3 is 2.47 bits per heavy atom. The highest BCUT2D eigenvalue weighted by atomic mass is 35.5. The second-order valence-electron chi connectivity index (χ2n) is 6.57. The first-order valence-corrected chi connectivity index (χ1v) is 10.1. The van der Waals surface area contributed by atoms with Crippen molar-refractivity contribution < 1.29 is 23.2 Å². The highest BCUT2D eigenvalue weighted by Crippen LogP contribution is 2.35. The number of furan rings is 2. The van der Waals surface area contributed by atoms with Gasteiger partial charge in [-0.1, -0.05) is 29.3 Å². The quantitative estimate of drug-likeness (QED) is 0.341. The summed E-state index contributed by atoms with van der Waals surface area (Å²) in [6, 6.07) is 16.3. The molecule has 0 spiro atoms. The Bertz CT molecular complexity index is 1280. The monoisotopic (exact) mass is 470 g/mol. The largest absolute Gasteiger partial charge is 0.495 e. The van der Waals surface area contributed by atoms with E-state index in [1.54, 1.807) is 54.6 Å². The topological polar surface area (TPSA) is 93.7 Å². The summed E-state index contributed by atoms with van der Waals surface area (Å²) in [5.74, 6) is 0.0825. The van der Waals surface area contributed by atoms with Gasteiger partial charge in [0.1, 0.15) is 11.5 Å². The normalized spacial score (nSPS) is 10.6. The van der Waals surface area contributed by atoms with Crippen molar-refractivity contribution in [2.75, 3.05) is 17.7 Å². The molecule has 7 nitrogen and oxygen atoms in total. The molecule has 0 unspecified atom stereocenters. The third-order valence-corrected chi connectivity index (χ3v) is 5.32. The molecule has 9 heteroatoms. The number of amides is 2. The lowest BCUT2D eigenvalue weighted by Gasteiger charge is -2.12. The third kappa shape index (κ3) is 4.49. The van der Waals surface area contributed by atoms with Gasteiger partial charge in [-0.15, -0.1) is 0 Å². The molecule has 2 aromatic heterocycles. The van der Waals surface area contributed by atoms with Crippen LogP contribution in [0.5, 0.6) is 5.75 Å². The van der Waals surface area contributed by atoms with Crippen molar-refractivity contribution in [1.82, 2.24) is 0 Å². The molecule has 2 amide bonds. The minimum atomic E-state index is -0.512. The summed E-state index contributed by atoms with van der Waals surface area (Å²) in [4.78, 5) is 25.0. The maximum Gasteiger partial charge on any atom is 0.291 e. The fraction of sp³-hybridized carbons (Fsp3) is 0.0435. The van der Waals surface area contributed by atoms with Gasteiger partial charge in [-0.2, -0.15) is 0 Å². The molecule has 0 radical (unpaired) electrons. The zero-order chi connectivity index (χ0) is 22.7. The fourth-order valence-corrected chi connectivity index (χ4v) is 3.36. The molecule has 0 saturated heterocycles. The zero-order valence-corrected chi connectivity index (χ0v) is 18.2. The summed E-state index contributed by atoms with van der Waals surface area (Å²) in [6.45, 7) is 0. The predicted octanol–water partition coefficient (Wildman–Crippen LogP) is 6.36. The predicted molar refractivity (Wildman–Crippen MR) is 122 cm³/mol. The van der Waals surface area contributed by atoms with Crippen molar-refractivity contribution in [2.45, 2.75) is 0 Å². The maximum absolute atomic E-state index is 12.8. The van der Waals surface area contributed by atoms with Crippen LogP contribution in [0.25, 0.3) is 11.3 Å². The molecule has 2 aromatic carbocycles. The van der Waals surface area contributed by atoms with E-state index < -0.39 is 11.8 Å². The molecule has 2 heterocycles. The van der Waals surface area contributed by atoms with Gasteiger partial charge in [0, 0.05) is 11.3 Å². The van der Waals surface area contributed by atoms with E-state index in [9.17, 15) is 9.59 Å². The van der Waals surface area contributed by atoms with E-state index in [1.165, 1.54) is 19.4 Å². The average molecular weight is 471 g/mol. The number of methoxy groups -OCH3 is 1. The number of hydrogen-bond donors (Lipinski definition) is 2. The number of hydrogen-bond acceptors (Lipinski definition) is 5. The van der Waals surface area contributed by atoms with E-state index in [0.717, 1.165) is 0 Å². The van der Waals surface area contributed by atoms with Crippen LogP contribution in [0.4, 0.5) is 11.4 Å². The number of nitrogens with one attached hydrogen (secondary N) is 2. The Morgan fingerprint density at radius 2 is 1.72 bits per heavy atom. The molecule has 0 fully saturated rings. The summed E-state index contributed by atoms with van der Waals surface area (Å²) in [6.07, 6.45) is 1.41. The second kappa shape index (κ2) is 9.21. The van der Waals surface area contributed by atoms with Crippen LogP contribution in [0.2, 0.25) is 10.0 Å². The minimum Gasteiger partial charge on any atom is -0.495 e. The molecule has 162 valence electrons. The van der Waals surface area contributed by atoms with Crippen LogP contribution in [0.3, 0.4) is 0 Å². The van der Waals surface area contributed by atoms with E-state index in [0.29, 0.717) is 38.5 Å². The van der Waals surface area contributed by atoms with Crippen molar-refractivity contribution in [3.63, 3.8) is 0 Å². The summed E-state index contributed by atoms with van der Waals surface area (Å²) >= 11 is 12.3. The van der Waals surface area contributed by atoms with Crippen molar-refractivity contribution in [1.29, 1.82) is 0 Å². The number of rotatable bonds is 6. The Morgan fingerprint density at radius 1 is 0.906 bits per heavy atom. The SMILES string of the molecule is COc1ccc(NC(=O)c2ccco2)cc1NC(=O)c1ccc(-c2cccc(Cl)c2Cl)o1. The molecule has 0 aliphatic rings. The Kier molecular flexibility index (Phi) is 6.20. The number of carbonyl (C=O) groups excluding carboxylic acids is 2. The number of benzene rings is 2. The van der Waals surface area contributed by atoms with Crippen molar-refractivity contribution >= 4 is 46.4 Å². The van der Waals surface area contributed by atoms with E-state index >= 15 is 0 Å². The second-order valence-corrected chi connectivity index (χ2v) is 7.35. The number of ether oxygens (including phenoxy) is 1. The number of halogens is 2. The van der Waals surface area contributed by atoms with Gasteiger partial charge >= 0.3 is 0 Å². The highest BCUT2D eigenvalue weighted by Gasteiger charge is 2.18. The van der Waals surface area contributed by atoms with Crippen LogP contribution >= 0.6 is 23.2 Å². The van der Waals surface area contributed by atoms with E-state index in [-0.39, 0.29) is 11.5 Å². The molecular weight excluding hydrogens is 455 g/mol. The molecule has 0 atom stereocenters. The molecule has 0 aliphatic heterocycles. The van der Waals surface area contributed by atoms with Crippen LogP contribution in [0, 0.1) is 0 Å². The summed E-state index contributed by atoms with van der Waals surface area (Å²) in [7, 11) is 1.47. The first-order chi connectivity index (χ1) is 15.5. The molecule has 2 N–H and O–H groups in total. The minimum absolute atomic E-state index is 0.0584. The third-order valence-electron chi connectivity index (χ3n) is 4.50. The van der Waals surface area contributed by atoms with Crippen LogP contribution in [0.1, 0.15) is 21.1 Å². The van der Waals surface area contributed by atoms with Gasteiger partial charge in [0.05, 0.1) is 29.1 Å². The number of carbonyl (C=O) groups is 2. The summed E-state index contributed by atoms with van der Waals surface area (Å²) in [5, 5.41) is 6.13. The van der Waals surface area contributed by atoms with Crippen LogP contribution in [0.15, 0.2) is 75.8 Å². The lowest BCUT2D eigenvalue weighted by atomic mass is 10.2. The molecule has 4 rings (SSSR count). The van der Waals surface area contributed by atoms with Gasteiger partial charge in [-0.3, -0.25) is 9.59 Å². The molecular formula is C23H16Cl2N2O5. The zero-order valence-electron chi connectivity index (χ0n) is 16.6. The molecule has 0 aliphatic carbocycles. The van der Waals surface area contributed by atoms with Gasteiger partial charge < -0.3 is 24.2 Å². The number of anilines is 2. The molecule has 0 bridgehead atoms. The maximum atomic E-state index is 12.8. The van der Waals surface area contributed by atoms with E-state index in [1.807, 2.05) is 0 Å². The van der Waals surface area contributed by atoms with Gasteiger partial charge in [0.25, 0.3) is 11.8 Å². The first kappa shape index (κ1) is 21.5.